The molecule has 0 saturated heterocycles. The minimum atomic E-state index is 0.590. The van der Waals surface area contributed by atoms with Crippen LogP contribution in [0.3, 0.4) is 0 Å². The summed E-state index contributed by atoms with van der Waals surface area (Å²) in [4.78, 5) is 8.95. The number of pyridine rings is 1. The minimum Gasteiger partial charge on any atom is -0.287 e. The number of rotatable bonds is 3. The lowest BCUT2D eigenvalue weighted by Crippen LogP contribution is -2.11. The van der Waals surface area contributed by atoms with Gasteiger partial charge in [0.2, 0.25) is 0 Å². The largest absolute Gasteiger partial charge is 0.287 e. The van der Waals surface area contributed by atoms with Crippen LogP contribution in [0.1, 0.15) is 24.6 Å². The lowest BCUT2D eigenvalue weighted by molar-refractivity contribution is 0.499. The van der Waals surface area contributed by atoms with Crippen molar-refractivity contribution in [3.63, 3.8) is 0 Å². The highest BCUT2D eigenvalue weighted by atomic mass is 15.4. The third kappa shape index (κ3) is 4.04. The van der Waals surface area contributed by atoms with Crippen molar-refractivity contribution in [2.75, 3.05) is 6.54 Å². The number of aromatic nitrogens is 1. The van der Waals surface area contributed by atoms with E-state index in [1.807, 2.05) is 42.6 Å². The summed E-state index contributed by atoms with van der Waals surface area (Å²) in [5, 5.41) is 6.19. The monoisotopic (exact) mass is 316 g/mol. The van der Waals surface area contributed by atoms with E-state index in [4.69, 9.17) is 0 Å². The molecule has 2 aliphatic rings. The molecule has 24 heavy (non-hydrogen) atoms. The van der Waals surface area contributed by atoms with Gasteiger partial charge in [-0.05, 0) is 42.7 Å². The maximum Gasteiger partial charge on any atom is 0.0812 e. The highest BCUT2D eigenvalue weighted by Gasteiger charge is 2.07. The van der Waals surface area contributed by atoms with Crippen LogP contribution in [0, 0.1) is 0 Å². The second-order valence-electron chi connectivity index (χ2n) is 5.37. The molecule has 0 amide bonds. The van der Waals surface area contributed by atoms with Crippen LogP contribution < -0.4 is 0 Å². The van der Waals surface area contributed by atoms with Crippen molar-refractivity contribution in [3.05, 3.63) is 77.9 Å². The number of hydrogen-bond donors (Lipinski definition) is 0. The summed E-state index contributed by atoms with van der Waals surface area (Å²) in [6.45, 7) is 2.49. The Kier molecular flexibility index (Phi) is 5.30. The lowest BCUT2D eigenvalue weighted by atomic mass is 10.1. The molecule has 0 N–H and O–H groups in total. The molecule has 3 rings (SSSR count). The highest BCUT2D eigenvalue weighted by Crippen LogP contribution is 2.20. The van der Waals surface area contributed by atoms with E-state index < -0.39 is 0 Å². The summed E-state index contributed by atoms with van der Waals surface area (Å²) >= 11 is 0. The summed E-state index contributed by atoms with van der Waals surface area (Å²) in [6.07, 6.45) is 22.6. The summed E-state index contributed by atoms with van der Waals surface area (Å²) in [5.41, 5.74) is 4.28. The zero-order valence-electron chi connectivity index (χ0n) is 13.7. The van der Waals surface area contributed by atoms with E-state index in [1.54, 1.807) is 12.4 Å². The third-order valence-electron chi connectivity index (χ3n) is 3.65. The lowest BCUT2D eigenvalue weighted by Gasteiger charge is -2.15. The van der Waals surface area contributed by atoms with Gasteiger partial charge in [0, 0.05) is 24.8 Å². The topological polar surface area (TPSA) is 40.9 Å². The summed E-state index contributed by atoms with van der Waals surface area (Å²) in [7, 11) is 0. The Morgan fingerprint density at radius 2 is 2.12 bits per heavy atom. The smallest absolute Gasteiger partial charge is 0.0812 e. The second-order valence-corrected chi connectivity index (χ2v) is 5.37. The molecule has 120 valence electrons. The normalized spacial score (nSPS) is 19.0. The Labute approximate surface area is 142 Å². The van der Waals surface area contributed by atoms with Gasteiger partial charge in [0.25, 0.3) is 0 Å². The summed E-state index contributed by atoms with van der Waals surface area (Å²) in [5.74, 6) is 0. The molecule has 0 aromatic carbocycles. The van der Waals surface area contributed by atoms with Crippen molar-refractivity contribution in [1.82, 2.24) is 9.99 Å². The van der Waals surface area contributed by atoms with E-state index in [2.05, 4.69) is 51.5 Å². The fourth-order valence-electron chi connectivity index (χ4n) is 2.48. The van der Waals surface area contributed by atoms with E-state index >= 15 is 0 Å². The van der Waals surface area contributed by atoms with E-state index in [9.17, 15) is 0 Å². The van der Waals surface area contributed by atoms with E-state index in [0.29, 0.717) is 6.54 Å². The van der Waals surface area contributed by atoms with Crippen LogP contribution in [0.15, 0.2) is 76.8 Å². The highest BCUT2D eigenvalue weighted by molar-refractivity contribution is 5.72. The molecule has 1 aliphatic heterocycles. The van der Waals surface area contributed by atoms with Crippen molar-refractivity contribution in [2.45, 2.75) is 13.3 Å². The van der Waals surface area contributed by atoms with Gasteiger partial charge in [0.15, 0.2) is 0 Å². The molecule has 1 aromatic rings. The molecule has 0 fully saturated rings. The standard InChI is InChI=1S/C20H20N4/c1-2-23-24-13-7-12-21-16-19(24)14-17-10-11-20(22-15-17)18-8-5-3-4-6-9-18/h2-8,10-15H,9,16H2,1H3/b19-14+,23-2-. The first-order chi connectivity index (χ1) is 11.9. The van der Waals surface area contributed by atoms with Gasteiger partial charge in [-0.3, -0.25) is 9.98 Å². The van der Waals surface area contributed by atoms with Crippen LogP contribution in [-0.4, -0.2) is 29.0 Å². The van der Waals surface area contributed by atoms with Gasteiger partial charge >= 0.3 is 0 Å². The zero-order chi connectivity index (χ0) is 16.6. The van der Waals surface area contributed by atoms with E-state index in [0.717, 1.165) is 23.4 Å². The summed E-state index contributed by atoms with van der Waals surface area (Å²) in [6, 6.07) is 4.15. The van der Waals surface area contributed by atoms with E-state index in [-0.39, 0.29) is 0 Å². The molecule has 1 aromatic heterocycles. The third-order valence-corrected chi connectivity index (χ3v) is 3.65. The first kappa shape index (κ1) is 15.9. The predicted molar refractivity (Wildman–Crippen MR) is 102 cm³/mol. The Bertz CT molecular complexity index is 774. The fraction of sp³-hybridized carbons (Fsp3) is 0.150. The maximum atomic E-state index is 4.61. The second kappa shape index (κ2) is 8.02. The van der Waals surface area contributed by atoms with Gasteiger partial charge in [-0.15, -0.1) is 0 Å². The van der Waals surface area contributed by atoms with Crippen LogP contribution in [0.2, 0.25) is 0 Å². The molecule has 4 nitrogen and oxygen atoms in total. The van der Waals surface area contributed by atoms with Crippen molar-refractivity contribution < 1.29 is 0 Å². The van der Waals surface area contributed by atoms with Crippen LogP contribution >= 0.6 is 0 Å². The predicted octanol–water partition coefficient (Wildman–Crippen LogP) is 4.23. The molecule has 0 atom stereocenters. The first-order valence-electron chi connectivity index (χ1n) is 8.00. The van der Waals surface area contributed by atoms with Crippen LogP contribution in [0.5, 0.6) is 0 Å². The average Bonchev–Trinajstić information content (AvgIpc) is 3.00. The van der Waals surface area contributed by atoms with Crippen molar-refractivity contribution in [2.24, 2.45) is 10.1 Å². The number of hydrazone groups is 1. The van der Waals surface area contributed by atoms with Crippen molar-refractivity contribution >= 4 is 24.1 Å². The van der Waals surface area contributed by atoms with Gasteiger partial charge in [0.1, 0.15) is 0 Å². The molecule has 2 heterocycles. The quantitative estimate of drug-likeness (QED) is 0.783. The minimum absolute atomic E-state index is 0.590. The fourth-order valence-corrected chi connectivity index (χ4v) is 2.48. The van der Waals surface area contributed by atoms with Gasteiger partial charge < -0.3 is 0 Å². The van der Waals surface area contributed by atoms with Crippen LogP contribution in [0.4, 0.5) is 0 Å². The Balaban J connectivity index is 1.83. The molecule has 1 aliphatic carbocycles. The van der Waals surface area contributed by atoms with Crippen molar-refractivity contribution in [3.8, 4) is 0 Å². The molecule has 0 unspecified atom stereocenters. The Morgan fingerprint density at radius 1 is 1.17 bits per heavy atom. The molecule has 0 radical (unpaired) electrons. The van der Waals surface area contributed by atoms with Crippen LogP contribution in [0.25, 0.3) is 11.6 Å². The number of aliphatic imine (C=N–C) groups is 1. The number of nitrogens with zero attached hydrogens (tertiary/aromatic N) is 4. The van der Waals surface area contributed by atoms with Gasteiger partial charge in [-0.1, -0.05) is 36.4 Å². The maximum absolute atomic E-state index is 4.61. The Morgan fingerprint density at radius 3 is 2.96 bits per heavy atom. The molecule has 0 bridgehead atoms. The van der Waals surface area contributed by atoms with Gasteiger partial charge in [0.05, 0.1) is 17.9 Å². The van der Waals surface area contributed by atoms with Crippen LogP contribution in [-0.2, 0) is 0 Å². The van der Waals surface area contributed by atoms with Crippen molar-refractivity contribution in [1.29, 1.82) is 0 Å². The number of hydrogen-bond acceptors (Lipinski definition) is 4. The van der Waals surface area contributed by atoms with E-state index in [1.165, 1.54) is 5.57 Å². The SMILES string of the molecule is C/C=N\N1C=CC=NC/C1=C\c1ccc(C2=CC=CC=CC2)nc1. The molecular formula is C20H20N4. The zero-order valence-corrected chi connectivity index (χ0v) is 13.7. The molecule has 4 heteroatoms. The van der Waals surface area contributed by atoms with Gasteiger partial charge in [-0.2, -0.15) is 5.10 Å². The average molecular weight is 316 g/mol. The molecule has 0 saturated carbocycles. The Hall–Kier alpha value is -3.01. The molecule has 0 spiro atoms. The summed E-state index contributed by atoms with van der Waals surface area (Å²) < 4.78 is 0. The number of allylic oxidation sites excluding steroid dienone is 7. The molecular weight excluding hydrogens is 296 g/mol. The van der Waals surface area contributed by atoms with Gasteiger partial charge in [-0.25, -0.2) is 5.01 Å². The first-order valence-corrected chi connectivity index (χ1v) is 8.00.